The summed E-state index contributed by atoms with van der Waals surface area (Å²) < 4.78 is 5.39. The fraction of sp³-hybridized carbons (Fsp3) is 0.909. The topological polar surface area (TPSA) is 21.3 Å². The molecule has 1 fully saturated rings. The van der Waals surface area contributed by atoms with Gasteiger partial charge in [0, 0.05) is 19.2 Å². The highest BCUT2D eigenvalue weighted by molar-refractivity contribution is 4.79. The molecule has 1 saturated carbocycles. The number of ether oxygens (including phenoxy) is 1. The summed E-state index contributed by atoms with van der Waals surface area (Å²) in [6.45, 7) is 5.81. The van der Waals surface area contributed by atoms with E-state index in [1.807, 2.05) is 6.92 Å². The Bertz CT molecular complexity index is 121. The fourth-order valence-corrected chi connectivity index (χ4v) is 1.89. The van der Waals surface area contributed by atoms with Gasteiger partial charge in [-0.15, -0.1) is 0 Å². The maximum Gasteiger partial charge on any atom is 0.108 e. The first-order chi connectivity index (χ1) is 6.33. The minimum absolute atomic E-state index is 0.740. The first-order valence-corrected chi connectivity index (χ1v) is 5.51. The Hall–Kier alpha value is -0.0800. The second-order valence-electron chi connectivity index (χ2n) is 3.85. The third-order valence-corrected chi connectivity index (χ3v) is 2.64. The predicted molar refractivity (Wildman–Crippen MR) is 55.4 cm³/mol. The van der Waals surface area contributed by atoms with E-state index in [9.17, 15) is 0 Å². The van der Waals surface area contributed by atoms with Gasteiger partial charge >= 0.3 is 0 Å². The molecule has 0 unspecified atom stereocenters. The minimum atomic E-state index is 0.740. The van der Waals surface area contributed by atoms with Crippen LogP contribution in [-0.2, 0) is 4.74 Å². The molecule has 13 heavy (non-hydrogen) atoms. The van der Waals surface area contributed by atoms with Gasteiger partial charge in [-0.3, -0.25) is 0 Å². The van der Waals surface area contributed by atoms with Gasteiger partial charge in [-0.1, -0.05) is 19.3 Å². The lowest BCUT2D eigenvalue weighted by molar-refractivity contribution is 0.154. The molecule has 1 radical (unpaired) electrons. The van der Waals surface area contributed by atoms with Crippen LogP contribution in [0.4, 0.5) is 0 Å². The largest absolute Gasteiger partial charge is 0.371 e. The van der Waals surface area contributed by atoms with E-state index in [0.29, 0.717) is 0 Å². The van der Waals surface area contributed by atoms with Gasteiger partial charge in [0.15, 0.2) is 0 Å². The molecule has 0 aromatic rings. The van der Waals surface area contributed by atoms with Crippen molar-refractivity contribution in [2.24, 2.45) is 0 Å². The molecule has 0 atom stereocenters. The highest BCUT2D eigenvalue weighted by atomic mass is 16.5. The molecular weight excluding hydrogens is 162 g/mol. The van der Waals surface area contributed by atoms with E-state index in [-0.39, 0.29) is 0 Å². The van der Waals surface area contributed by atoms with Crippen LogP contribution < -0.4 is 5.32 Å². The zero-order valence-electron chi connectivity index (χ0n) is 8.94. The molecular formula is C11H22NO. The number of rotatable bonds is 5. The smallest absolute Gasteiger partial charge is 0.108 e. The van der Waals surface area contributed by atoms with Crippen LogP contribution in [0.15, 0.2) is 0 Å². The first-order valence-electron chi connectivity index (χ1n) is 5.51. The third kappa shape index (κ3) is 4.63. The molecule has 0 aromatic heterocycles. The summed E-state index contributed by atoms with van der Waals surface area (Å²) in [5.41, 5.74) is 0. The molecule has 0 bridgehead atoms. The third-order valence-electron chi connectivity index (χ3n) is 2.64. The van der Waals surface area contributed by atoms with Crippen LogP contribution in [-0.4, -0.2) is 19.2 Å². The van der Waals surface area contributed by atoms with E-state index in [0.717, 1.165) is 25.3 Å². The van der Waals surface area contributed by atoms with Crippen LogP contribution in [0.1, 0.15) is 46.0 Å². The lowest BCUT2D eigenvalue weighted by Gasteiger charge is -2.24. The van der Waals surface area contributed by atoms with Gasteiger partial charge in [-0.05, 0) is 26.7 Å². The number of nitrogens with one attached hydrogen (secondary N) is 1. The molecule has 2 heteroatoms. The molecule has 0 spiro atoms. The fourth-order valence-electron chi connectivity index (χ4n) is 1.89. The molecule has 0 saturated heterocycles. The van der Waals surface area contributed by atoms with Crippen LogP contribution in [0.25, 0.3) is 0 Å². The average molecular weight is 184 g/mol. The van der Waals surface area contributed by atoms with E-state index in [4.69, 9.17) is 4.74 Å². The van der Waals surface area contributed by atoms with Crippen molar-refractivity contribution < 1.29 is 4.74 Å². The SMILES string of the molecule is CCO[C](C)CNC1CCCCC1. The Balaban J connectivity index is 2.03. The van der Waals surface area contributed by atoms with Crippen molar-refractivity contribution in [2.45, 2.75) is 52.0 Å². The Morgan fingerprint density at radius 3 is 2.62 bits per heavy atom. The van der Waals surface area contributed by atoms with Crippen LogP contribution in [0.3, 0.4) is 0 Å². The van der Waals surface area contributed by atoms with Crippen molar-refractivity contribution in [3.63, 3.8) is 0 Å². The van der Waals surface area contributed by atoms with Crippen LogP contribution in [0, 0.1) is 6.10 Å². The van der Waals surface area contributed by atoms with Gasteiger partial charge in [0.1, 0.15) is 6.10 Å². The molecule has 1 aliphatic carbocycles. The van der Waals surface area contributed by atoms with E-state index >= 15 is 0 Å². The van der Waals surface area contributed by atoms with E-state index in [2.05, 4.69) is 12.2 Å². The zero-order chi connectivity index (χ0) is 9.52. The molecule has 0 heterocycles. The molecule has 0 amide bonds. The van der Waals surface area contributed by atoms with Gasteiger partial charge < -0.3 is 10.1 Å². The Labute approximate surface area is 82.0 Å². The maximum absolute atomic E-state index is 5.39. The summed E-state index contributed by atoms with van der Waals surface area (Å²) in [7, 11) is 0. The second-order valence-corrected chi connectivity index (χ2v) is 3.85. The number of hydrogen-bond donors (Lipinski definition) is 1. The average Bonchev–Trinajstić information content (AvgIpc) is 2.17. The molecule has 1 rings (SSSR count). The van der Waals surface area contributed by atoms with Crippen LogP contribution in [0.5, 0.6) is 0 Å². The van der Waals surface area contributed by atoms with Crippen molar-refractivity contribution >= 4 is 0 Å². The van der Waals surface area contributed by atoms with E-state index in [1.54, 1.807) is 0 Å². The van der Waals surface area contributed by atoms with Gasteiger partial charge in [0.2, 0.25) is 0 Å². The zero-order valence-corrected chi connectivity index (χ0v) is 8.94. The van der Waals surface area contributed by atoms with Crippen molar-refractivity contribution in [3.8, 4) is 0 Å². The highest BCUT2D eigenvalue weighted by Gasteiger charge is 2.13. The Morgan fingerprint density at radius 1 is 1.31 bits per heavy atom. The van der Waals surface area contributed by atoms with Crippen molar-refractivity contribution in [1.29, 1.82) is 0 Å². The summed E-state index contributed by atoms with van der Waals surface area (Å²) in [5, 5.41) is 3.54. The van der Waals surface area contributed by atoms with Gasteiger partial charge in [-0.25, -0.2) is 0 Å². The molecule has 2 nitrogen and oxygen atoms in total. The van der Waals surface area contributed by atoms with Gasteiger partial charge in [0.25, 0.3) is 0 Å². The number of hydrogen-bond acceptors (Lipinski definition) is 2. The Kier molecular flexibility index (Phi) is 5.40. The summed E-state index contributed by atoms with van der Waals surface area (Å²) in [5.74, 6) is 0. The maximum atomic E-state index is 5.39. The summed E-state index contributed by atoms with van der Waals surface area (Å²) in [6.07, 6.45) is 8.02. The van der Waals surface area contributed by atoms with Gasteiger partial charge in [0.05, 0.1) is 0 Å². The molecule has 0 aromatic carbocycles. The highest BCUT2D eigenvalue weighted by Crippen LogP contribution is 2.17. The molecule has 1 N–H and O–H groups in total. The van der Waals surface area contributed by atoms with E-state index in [1.165, 1.54) is 32.1 Å². The van der Waals surface area contributed by atoms with Crippen molar-refractivity contribution in [2.75, 3.05) is 13.2 Å². The standard InChI is InChI=1S/C11H22NO/c1-3-13-10(2)9-12-11-7-5-4-6-8-11/h11-12H,3-9H2,1-2H3. The molecule has 0 aliphatic heterocycles. The van der Waals surface area contributed by atoms with E-state index < -0.39 is 0 Å². The summed E-state index contributed by atoms with van der Waals surface area (Å²) in [4.78, 5) is 0. The van der Waals surface area contributed by atoms with Crippen LogP contribution >= 0.6 is 0 Å². The lowest BCUT2D eigenvalue weighted by atomic mass is 9.95. The Morgan fingerprint density at radius 2 is 2.00 bits per heavy atom. The normalized spacial score (nSPS) is 19.6. The lowest BCUT2D eigenvalue weighted by Crippen LogP contribution is -2.34. The molecule has 77 valence electrons. The van der Waals surface area contributed by atoms with Crippen molar-refractivity contribution in [3.05, 3.63) is 6.10 Å². The monoisotopic (exact) mass is 184 g/mol. The minimum Gasteiger partial charge on any atom is -0.371 e. The quantitative estimate of drug-likeness (QED) is 0.709. The van der Waals surface area contributed by atoms with Gasteiger partial charge in [-0.2, -0.15) is 0 Å². The predicted octanol–water partition coefficient (Wildman–Crippen LogP) is 2.50. The second kappa shape index (κ2) is 6.39. The molecule has 1 aliphatic rings. The van der Waals surface area contributed by atoms with Crippen molar-refractivity contribution in [1.82, 2.24) is 5.32 Å². The first kappa shape index (κ1) is 11.0. The summed E-state index contributed by atoms with van der Waals surface area (Å²) >= 11 is 0. The van der Waals surface area contributed by atoms with Crippen LogP contribution in [0.2, 0.25) is 0 Å². The summed E-state index contributed by atoms with van der Waals surface area (Å²) in [6, 6.07) is 0.740.